The molecule has 8 heteroatoms. The van der Waals surface area contributed by atoms with Crippen LogP contribution >= 0.6 is 0 Å². The van der Waals surface area contributed by atoms with Crippen molar-refractivity contribution in [1.82, 2.24) is 0 Å². The molecule has 0 spiro atoms. The van der Waals surface area contributed by atoms with Gasteiger partial charge in [0, 0.05) is 78.0 Å². The summed E-state index contributed by atoms with van der Waals surface area (Å²) in [6.07, 6.45) is 4.18. The van der Waals surface area contributed by atoms with Crippen molar-refractivity contribution in [3.63, 3.8) is 0 Å². The summed E-state index contributed by atoms with van der Waals surface area (Å²) in [5.41, 5.74) is 24.9. The molecule has 0 aliphatic carbocycles. The van der Waals surface area contributed by atoms with Gasteiger partial charge in [-0.25, -0.2) is 9.13 Å². The molecule has 0 radical (unpaired) electrons. The smallest absolute Gasteiger partial charge is 0.212 e. The second kappa shape index (κ2) is 29.1. The summed E-state index contributed by atoms with van der Waals surface area (Å²) in [6.45, 7) is 18.7. The fourth-order valence-electron chi connectivity index (χ4n) is 12.7. The van der Waals surface area contributed by atoms with Crippen molar-refractivity contribution in [3.05, 3.63) is 300 Å². The third-order valence-electron chi connectivity index (χ3n) is 17.8. The predicted octanol–water partition coefficient (Wildman–Crippen LogP) is 19.6. The van der Waals surface area contributed by atoms with Crippen LogP contribution in [0.3, 0.4) is 0 Å². The Morgan fingerprint density at radius 1 is 0.341 bits per heavy atom. The minimum Gasteiger partial charge on any atom is -0.353 e. The van der Waals surface area contributed by atoms with Crippen LogP contribution in [0.15, 0.2) is 261 Å². The van der Waals surface area contributed by atoms with Crippen LogP contribution in [0, 0.1) is 34.6 Å². The van der Waals surface area contributed by atoms with Gasteiger partial charge in [0.1, 0.15) is 32.6 Å². The zero-order valence-corrected chi connectivity index (χ0v) is 55.3. The van der Waals surface area contributed by atoms with E-state index in [0.29, 0.717) is 11.7 Å². The first kappa shape index (κ1) is 57.5. The molecule has 462 valence electrons. The molecule has 91 heavy (non-hydrogen) atoms. The van der Waals surface area contributed by atoms with Gasteiger partial charge in [0.2, 0.25) is 11.4 Å². The first-order chi connectivity index (χ1) is 46.0. The second-order valence-corrected chi connectivity index (χ2v) is 23.7. The number of para-hydroxylation sites is 10. The quantitative estimate of drug-likeness (QED) is 0.141. The number of fused-ring (bicyclic) bond motifs is 3. The average molecular weight is 1210 g/mol. The summed E-state index contributed by atoms with van der Waals surface area (Å²) < 4.78 is 43.2. The molecule has 0 saturated heterocycles. The number of rotatable bonds is 8. The number of anilines is 10. The van der Waals surface area contributed by atoms with Crippen molar-refractivity contribution in [2.75, 3.05) is 43.4 Å². The average Bonchev–Trinajstić information content (AvgIpc) is 1.61. The summed E-state index contributed by atoms with van der Waals surface area (Å²) >= 11 is 0. The van der Waals surface area contributed by atoms with Gasteiger partial charge in [-0.15, -0.1) is 0 Å². The molecule has 0 N–H and O–H groups in total. The van der Waals surface area contributed by atoms with E-state index in [2.05, 4.69) is 274 Å². The molecule has 3 aliphatic heterocycles. The maximum atomic E-state index is 7.83. The molecular weight excluding hydrogens is 1110 g/mol. The van der Waals surface area contributed by atoms with Crippen molar-refractivity contribution >= 4 is 56.9 Å². The minimum absolute atomic E-state index is 0.232. The molecule has 9 aromatic carbocycles. The zero-order valence-electron chi connectivity index (χ0n) is 60.3. The molecule has 0 fully saturated rings. The van der Waals surface area contributed by atoms with E-state index in [1.165, 1.54) is 89.3 Å². The fourth-order valence-corrected chi connectivity index (χ4v) is 12.7. The van der Waals surface area contributed by atoms with Gasteiger partial charge < -0.3 is 29.4 Å². The topological polar surface area (TPSA) is 27.2 Å². The molecule has 5 heterocycles. The fraction of sp³-hybridized carbons (Fsp3) is 0.229. The molecule has 3 aliphatic rings. The Kier molecular flexibility index (Phi) is 18.4. The standard InChI is InChI=1S/C21H20N2.2C16H18N2.2C15H18N/c1-16-10-6-7-13-19(16)23-17(2)22(18-11-4-3-5-12-18)20-14-8-9-15-21(20)23;2*1-12-8-4-5-9-14(12)18-13(2)17(3)15-10-6-7-11-16(15)18;2*1-4-13-9-10-15(16(3)11-13)14-8-6-5-7-12(14)2/h3-15,17H,1-2H3;2*4-11,13H,1-3H3;2*5-11H,4H2,1-3H3/q;;;2*+1/i;3D3;;4D2;. The molecule has 14 rings (SSSR count). The van der Waals surface area contributed by atoms with Crippen LogP contribution in [-0.2, 0) is 26.9 Å². The van der Waals surface area contributed by atoms with Crippen molar-refractivity contribution in [2.45, 2.75) is 101 Å². The van der Waals surface area contributed by atoms with Crippen molar-refractivity contribution < 1.29 is 16.0 Å². The third kappa shape index (κ3) is 13.8. The SMILES string of the molecule is CCc1ccc(-c2ccccc2C)[n+](C)c1.Cc1ccccc1N1c2ccccc2N(C)C1C.Cc1ccccc1N1c2ccccc2N(c2ccccc2)C1C.[2H]C([2H])(C)c1ccc(-c2ccccc2C)[n+](C)c1.[2H]C([2H])([2H])N1c2ccccc2N(c2ccccc2C)C1C. The maximum Gasteiger partial charge on any atom is 0.212 e. The highest BCUT2D eigenvalue weighted by molar-refractivity contribution is 5.89. The lowest BCUT2D eigenvalue weighted by atomic mass is 10.0. The van der Waals surface area contributed by atoms with E-state index < -0.39 is 13.3 Å². The number of aromatic nitrogens is 2. The van der Waals surface area contributed by atoms with Gasteiger partial charge in [-0.2, -0.15) is 0 Å². The van der Waals surface area contributed by atoms with E-state index in [1.54, 1.807) is 6.92 Å². The van der Waals surface area contributed by atoms with Crippen LogP contribution in [0.2, 0.25) is 0 Å². The second-order valence-electron chi connectivity index (χ2n) is 23.7. The Morgan fingerprint density at radius 2 is 0.659 bits per heavy atom. The van der Waals surface area contributed by atoms with Gasteiger partial charge in [-0.1, -0.05) is 159 Å². The van der Waals surface area contributed by atoms with Crippen LogP contribution in [0.1, 0.15) is 80.4 Å². The predicted molar refractivity (Wildman–Crippen MR) is 387 cm³/mol. The van der Waals surface area contributed by atoms with Crippen LogP contribution < -0.4 is 38.5 Å². The first-order valence-corrected chi connectivity index (χ1v) is 31.8. The van der Waals surface area contributed by atoms with Gasteiger partial charge >= 0.3 is 0 Å². The van der Waals surface area contributed by atoms with E-state index in [4.69, 9.17) is 6.85 Å². The van der Waals surface area contributed by atoms with Gasteiger partial charge in [-0.05, 0) is 187 Å². The molecule has 0 saturated carbocycles. The monoisotopic (exact) mass is 1210 g/mol. The number of benzene rings is 9. The molecule has 3 atom stereocenters. The highest BCUT2D eigenvalue weighted by Crippen LogP contribution is 2.49. The van der Waals surface area contributed by atoms with Crippen LogP contribution in [0.5, 0.6) is 0 Å². The molecule has 2 aromatic heterocycles. The Labute approximate surface area is 550 Å². The number of pyridine rings is 2. The van der Waals surface area contributed by atoms with Gasteiger partial charge in [0.25, 0.3) is 0 Å². The normalized spacial score (nSPS) is 16.1. The molecular formula is C83H92N8+2. The highest BCUT2D eigenvalue weighted by Gasteiger charge is 2.36. The van der Waals surface area contributed by atoms with Gasteiger partial charge in [-0.3, -0.25) is 0 Å². The Morgan fingerprint density at radius 3 is 1.05 bits per heavy atom. The van der Waals surface area contributed by atoms with E-state index in [0.717, 1.165) is 34.7 Å². The van der Waals surface area contributed by atoms with Crippen LogP contribution in [-0.4, -0.2) is 32.5 Å². The van der Waals surface area contributed by atoms with Crippen molar-refractivity contribution in [3.8, 4) is 22.5 Å². The van der Waals surface area contributed by atoms with Crippen LogP contribution in [0.4, 0.5) is 56.9 Å². The summed E-state index contributed by atoms with van der Waals surface area (Å²) in [5, 5.41) is 0. The maximum absolute atomic E-state index is 7.83. The number of aryl methyl sites for hydroxylation is 9. The van der Waals surface area contributed by atoms with E-state index in [-0.39, 0.29) is 12.3 Å². The van der Waals surface area contributed by atoms with Gasteiger partial charge in [0.05, 0.1) is 34.1 Å². The summed E-state index contributed by atoms with van der Waals surface area (Å²) in [7, 11) is 6.22. The number of hydrogen-bond acceptors (Lipinski definition) is 6. The lowest BCUT2D eigenvalue weighted by Crippen LogP contribution is -2.35. The lowest BCUT2D eigenvalue weighted by molar-refractivity contribution is -0.660. The van der Waals surface area contributed by atoms with E-state index in [1.807, 2.05) is 104 Å². The Hall–Kier alpha value is -9.92. The molecule has 0 amide bonds. The zero-order chi connectivity index (χ0) is 68.6. The first-order valence-electron chi connectivity index (χ1n) is 34.3. The largest absolute Gasteiger partial charge is 0.353 e. The highest BCUT2D eigenvalue weighted by atomic mass is 15.4. The molecule has 3 unspecified atom stereocenters. The summed E-state index contributed by atoms with van der Waals surface area (Å²) in [6, 6.07) is 85.7. The summed E-state index contributed by atoms with van der Waals surface area (Å²) in [5.74, 6) is 0. The molecule has 8 nitrogen and oxygen atoms in total. The van der Waals surface area contributed by atoms with Crippen molar-refractivity contribution in [2.24, 2.45) is 14.1 Å². The minimum atomic E-state index is -2.16. The van der Waals surface area contributed by atoms with E-state index >= 15 is 0 Å². The molecule has 0 bridgehead atoms. The third-order valence-corrected chi connectivity index (χ3v) is 17.8. The Balaban J connectivity index is 0.000000131. The molecule has 11 aromatic rings. The number of hydrogen-bond donors (Lipinski definition) is 0. The van der Waals surface area contributed by atoms with Crippen molar-refractivity contribution in [1.29, 1.82) is 0 Å². The number of nitrogens with zero attached hydrogens (tertiary/aromatic N) is 8. The van der Waals surface area contributed by atoms with E-state index in [9.17, 15) is 0 Å². The van der Waals surface area contributed by atoms with Crippen LogP contribution in [0.25, 0.3) is 22.5 Å². The van der Waals surface area contributed by atoms with Gasteiger partial charge in [0.15, 0.2) is 12.4 Å². The lowest BCUT2D eigenvalue weighted by Gasteiger charge is -2.31. The Bertz CT molecular complexity index is 4450. The summed E-state index contributed by atoms with van der Waals surface area (Å²) in [4.78, 5) is 13.2.